The Morgan fingerprint density at radius 1 is 1.42 bits per heavy atom. The second kappa shape index (κ2) is 6.74. The molecule has 5 nitrogen and oxygen atoms in total. The van der Waals surface area contributed by atoms with Gasteiger partial charge < -0.3 is 15.0 Å². The molecule has 1 unspecified atom stereocenters. The molecule has 1 aliphatic rings. The van der Waals surface area contributed by atoms with Crippen LogP contribution < -0.4 is 5.32 Å². The van der Waals surface area contributed by atoms with Crippen LogP contribution in [-0.4, -0.2) is 55.2 Å². The molecule has 1 rings (SSSR count). The highest BCUT2D eigenvalue weighted by molar-refractivity contribution is 5.85. The molecule has 8 heteroatoms. The molecule has 1 fully saturated rings. The number of esters is 1. The first-order valence-corrected chi connectivity index (χ1v) is 6.08. The maximum atomic E-state index is 12.1. The minimum atomic E-state index is -4.37. The molecule has 0 spiro atoms. The summed E-state index contributed by atoms with van der Waals surface area (Å²) in [5, 5.41) is 2.91. The summed E-state index contributed by atoms with van der Waals surface area (Å²) in [5.41, 5.74) is 0. The van der Waals surface area contributed by atoms with Gasteiger partial charge in [-0.3, -0.25) is 4.79 Å². The number of carbonyl (C=O) groups is 2. The molecule has 1 saturated heterocycles. The van der Waals surface area contributed by atoms with E-state index >= 15 is 0 Å². The van der Waals surface area contributed by atoms with Crippen LogP contribution in [0.5, 0.6) is 0 Å². The first-order chi connectivity index (χ1) is 8.85. The van der Waals surface area contributed by atoms with Gasteiger partial charge in [0.25, 0.3) is 0 Å². The van der Waals surface area contributed by atoms with Crippen molar-refractivity contribution >= 4 is 11.9 Å². The number of rotatable bonds is 4. The van der Waals surface area contributed by atoms with Crippen LogP contribution in [0.1, 0.15) is 19.8 Å². The van der Waals surface area contributed by atoms with Gasteiger partial charge in [-0.2, -0.15) is 13.2 Å². The number of halogens is 3. The summed E-state index contributed by atoms with van der Waals surface area (Å²) in [6.07, 6.45) is -6.19. The predicted molar refractivity (Wildman–Crippen MR) is 60.3 cm³/mol. The van der Waals surface area contributed by atoms with Gasteiger partial charge in [0.05, 0.1) is 13.0 Å². The van der Waals surface area contributed by atoms with E-state index in [-0.39, 0.29) is 19.7 Å². The SMILES string of the molecule is CCOC(=O)C1CNCCN1C(=O)CCC(F)(F)F. The molecule has 1 heterocycles. The van der Waals surface area contributed by atoms with Gasteiger partial charge in [-0.05, 0) is 6.92 Å². The molecule has 1 aliphatic heterocycles. The van der Waals surface area contributed by atoms with E-state index in [2.05, 4.69) is 5.32 Å². The summed E-state index contributed by atoms with van der Waals surface area (Å²) in [5.74, 6) is -1.26. The number of amides is 1. The lowest BCUT2D eigenvalue weighted by molar-refractivity contribution is -0.159. The molecule has 1 N–H and O–H groups in total. The number of hydrogen-bond acceptors (Lipinski definition) is 4. The number of ether oxygens (including phenoxy) is 1. The van der Waals surface area contributed by atoms with E-state index in [1.54, 1.807) is 6.92 Å². The molecule has 1 amide bonds. The van der Waals surface area contributed by atoms with Gasteiger partial charge in [0, 0.05) is 26.1 Å². The van der Waals surface area contributed by atoms with Crippen molar-refractivity contribution in [2.24, 2.45) is 0 Å². The lowest BCUT2D eigenvalue weighted by Crippen LogP contribution is -2.57. The number of carbonyl (C=O) groups excluding carboxylic acids is 2. The largest absolute Gasteiger partial charge is 0.464 e. The van der Waals surface area contributed by atoms with Crippen molar-refractivity contribution in [2.75, 3.05) is 26.2 Å². The Hall–Kier alpha value is -1.31. The third kappa shape index (κ3) is 5.06. The van der Waals surface area contributed by atoms with Crippen molar-refractivity contribution in [3.05, 3.63) is 0 Å². The Kier molecular flexibility index (Phi) is 5.59. The number of hydrogen-bond donors (Lipinski definition) is 1. The number of nitrogens with zero attached hydrogens (tertiary/aromatic N) is 1. The van der Waals surface area contributed by atoms with E-state index in [0.29, 0.717) is 6.54 Å². The summed E-state index contributed by atoms with van der Waals surface area (Å²) in [7, 11) is 0. The van der Waals surface area contributed by atoms with E-state index in [9.17, 15) is 22.8 Å². The Morgan fingerprint density at radius 3 is 2.68 bits per heavy atom. The second-order valence-electron chi connectivity index (χ2n) is 4.17. The van der Waals surface area contributed by atoms with Crippen LogP contribution in [0.15, 0.2) is 0 Å². The van der Waals surface area contributed by atoms with Gasteiger partial charge in [0.1, 0.15) is 6.04 Å². The number of piperazine rings is 1. The van der Waals surface area contributed by atoms with Gasteiger partial charge in [-0.25, -0.2) is 4.79 Å². The molecule has 110 valence electrons. The monoisotopic (exact) mass is 282 g/mol. The lowest BCUT2D eigenvalue weighted by Gasteiger charge is -2.34. The molecule has 0 aromatic rings. The average molecular weight is 282 g/mol. The lowest BCUT2D eigenvalue weighted by atomic mass is 10.1. The van der Waals surface area contributed by atoms with E-state index in [1.165, 1.54) is 4.90 Å². The first kappa shape index (κ1) is 15.7. The minimum absolute atomic E-state index is 0.167. The van der Waals surface area contributed by atoms with Crippen LogP contribution in [0.3, 0.4) is 0 Å². The highest BCUT2D eigenvalue weighted by Crippen LogP contribution is 2.22. The van der Waals surface area contributed by atoms with Crippen LogP contribution >= 0.6 is 0 Å². The smallest absolute Gasteiger partial charge is 0.389 e. The van der Waals surface area contributed by atoms with E-state index in [1.807, 2.05) is 0 Å². The van der Waals surface area contributed by atoms with Crippen LogP contribution in [0, 0.1) is 0 Å². The zero-order valence-electron chi connectivity index (χ0n) is 10.6. The van der Waals surface area contributed by atoms with Crippen molar-refractivity contribution in [1.29, 1.82) is 0 Å². The van der Waals surface area contributed by atoms with E-state index in [4.69, 9.17) is 4.74 Å². The van der Waals surface area contributed by atoms with Gasteiger partial charge >= 0.3 is 12.1 Å². The molecule has 1 atom stereocenters. The van der Waals surface area contributed by atoms with E-state index < -0.39 is 36.9 Å². The maximum absolute atomic E-state index is 12.1. The first-order valence-electron chi connectivity index (χ1n) is 6.08. The van der Waals surface area contributed by atoms with Crippen LogP contribution in [-0.2, 0) is 14.3 Å². The number of nitrogens with one attached hydrogen (secondary N) is 1. The van der Waals surface area contributed by atoms with Crippen molar-refractivity contribution in [1.82, 2.24) is 10.2 Å². The summed E-state index contributed by atoms with van der Waals surface area (Å²) in [6, 6.07) is -0.838. The zero-order chi connectivity index (χ0) is 14.5. The van der Waals surface area contributed by atoms with E-state index in [0.717, 1.165) is 0 Å². The highest BCUT2D eigenvalue weighted by Gasteiger charge is 2.35. The summed E-state index contributed by atoms with van der Waals surface area (Å²) in [4.78, 5) is 24.6. The van der Waals surface area contributed by atoms with Crippen LogP contribution in [0.25, 0.3) is 0 Å². The highest BCUT2D eigenvalue weighted by atomic mass is 19.4. The second-order valence-corrected chi connectivity index (χ2v) is 4.17. The van der Waals surface area contributed by atoms with Gasteiger partial charge in [-0.15, -0.1) is 0 Å². The summed E-state index contributed by atoms with van der Waals surface area (Å²) < 4.78 is 41.1. The third-order valence-electron chi connectivity index (χ3n) is 2.74. The van der Waals surface area contributed by atoms with Crippen molar-refractivity contribution in [3.63, 3.8) is 0 Å². The van der Waals surface area contributed by atoms with Crippen molar-refractivity contribution < 1.29 is 27.5 Å². The van der Waals surface area contributed by atoms with Crippen molar-refractivity contribution in [2.45, 2.75) is 32.0 Å². The molecule has 0 aliphatic carbocycles. The fourth-order valence-corrected chi connectivity index (χ4v) is 1.84. The Morgan fingerprint density at radius 2 is 2.11 bits per heavy atom. The maximum Gasteiger partial charge on any atom is 0.389 e. The third-order valence-corrected chi connectivity index (χ3v) is 2.74. The molecule has 0 aromatic heterocycles. The molecule has 0 aromatic carbocycles. The fourth-order valence-electron chi connectivity index (χ4n) is 1.84. The van der Waals surface area contributed by atoms with Crippen molar-refractivity contribution in [3.8, 4) is 0 Å². The molecular weight excluding hydrogens is 265 g/mol. The van der Waals surface area contributed by atoms with Gasteiger partial charge in [-0.1, -0.05) is 0 Å². The quantitative estimate of drug-likeness (QED) is 0.771. The zero-order valence-corrected chi connectivity index (χ0v) is 10.6. The summed E-state index contributed by atoms with van der Waals surface area (Å²) in [6.45, 7) is 2.66. The number of alkyl halides is 3. The van der Waals surface area contributed by atoms with Crippen LogP contribution in [0.2, 0.25) is 0 Å². The Bertz CT molecular complexity index is 334. The normalized spacial score (nSPS) is 20.2. The standard InChI is InChI=1S/C11H17F3N2O3/c1-2-19-10(18)8-7-15-5-6-16(8)9(17)3-4-11(12,13)14/h8,15H,2-7H2,1H3. The molecule has 0 saturated carbocycles. The minimum Gasteiger partial charge on any atom is -0.464 e. The predicted octanol–water partition coefficient (Wildman–Crippen LogP) is 0.692. The average Bonchev–Trinajstić information content (AvgIpc) is 2.35. The summed E-state index contributed by atoms with van der Waals surface area (Å²) >= 11 is 0. The topological polar surface area (TPSA) is 58.6 Å². The molecule has 0 radical (unpaired) electrons. The van der Waals surface area contributed by atoms with Gasteiger partial charge in [0.15, 0.2) is 0 Å². The van der Waals surface area contributed by atoms with Crippen LogP contribution in [0.4, 0.5) is 13.2 Å². The molecule has 19 heavy (non-hydrogen) atoms. The fraction of sp³-hybridized carbons (Fsp3) is 0.818. The Balaban J connectivity index is 2.61. The molecular formula is C11H17F3N2O3. The Labute approximate surface area is 109 Å². The van der Waals surface area contributed by atoms with Gasteiger partial charge in [0.2, 0.25) is 5.91 Å². The molecule has 0 bridgehead atoms.